The van der Waals surface area contributed by atoms with Crippen LogP contribution >= 0.6 is 0 Å². The average molecular weight is 367 g/mol. The van der Waals surface area contributed by atoms with E-state index in [0.717, 1.165) is 18.5 Å². The van der Waals surface area contributed by atoms with Gasteiger partial charge in [0.2, 0.25) is 11.9 Å². The van der Waals surface area contributed by atoms with Crippen molar-refractivity contribution < 1.29 is 9.59 Å². The standard InChI is InChI=1S/C20H25N5O2/c1-3-4-10-17-19(27)24(2)11-12-25(17)18(26)15-13-21-20(22-14-15)23-16-8-6-5-7-9-16/h5-9,13-14,17H,3-4,10-12H2,1-2H3,(H,21,22,23)/t17-/m0/s1. The molecule has 142 valence electrons. The van der Waals surface area contributed by atoms with Crippen molar-refractivity contribution in [1.82, 2.24) is 19.8 Å². The normalized spacial score (nSPS) is 17.1. The molecule has 2 aromatic rings. The number of carbonyl (C=O) groups excluding carboxylic acids is 2. The molecule has 0 unspecified atom stereocenters. The summed E-state index contributed by atoms with van der Waals surface area (Å²) >= 11 is 0. The molecular formula is C20H25N5O2. The van der Waals surface area contributed by atoms with Gasteiger partial charge in [0, 0.05) is 38.2 Å². The second-order valence-electron chi connectivity index (χ2n) is 6.70. The number of rotatable bonds is 6. The SMILES string of the molecule is CCCC[C@H]1C(=O)N(C)CCN1C(=O)c1cnc(Nc2ccccc2)nc1. The number of aromatic nitrogens is 2. The molecule has 7 nitrogen and oxygen atoms in total. The van der Waals surface area contributed by atoms with Gasteiger partial charge in [0.05, 0.1) is 5.56 Å². The van der Waals surface area contributed by atoms with Crippen molar-refractivity contribution in [2.75, 3.05) is 25.5 Å². The Labute approximate surface area is 159 Å². The first-order valence-electron chi connectivity index (χ1n) is 9.30. The Morgan fingerprint density at radius 2 is 1.89 bits per heavy atom. The summed E-state index contributed by atoms with van der Waals surface area (Å²) in [4.78, 5) is 37.3. The molecule has 0 saturated carbocycles. The number of benzene rings is 1. The van der Waals surface area contributed by atoms with E-state index in [-0.39, 0.29) is 11.8 Å². The number of anilines is 2. The van der Waals surface area contributed by atoms with E-state index < -0.39 is 6.04 Å². The molecule has 1 N–H and O–H groups in total. The number of hydrogen-bond donors (Lipinski definition) is 1. The Bertz CT molecular complexity index is 779. The maximum absolute atomic E-state index is 12.9. The van der Waals surface area contributed by atoms with Gasteiger partial charge < -0.3 is 15.1 Å². The zero-order valence-corrected chi connectivity index (χ0v) is 15.8. The van der Waals surface area contributed by atoms with Crippen molar-refractivity contribution in [3.05, 3.63) is 48.3 Å². The Hall–Kier alpha value is -2.96. The summed E-state index contributed by atoms with van der Waals surface area (Å²) < 4.78 is 0. The third-order valence-corrected chi connectivity index (χ3v) is 4.73. The summed E-state index contributed by atoms with van der Waals surface area (Å²) in [6.45, 7) is 3.15. The fraction of sp³-hybridized carbons (Fsp3) is 0.400. The van der Waals surface area contributed by atoms with Crippen LogP contribution in [0.3, 0.4) is 0 Å². The number of piperazine rings is 1. The lowest BCUT2D eigenvalue weighted by molar-refractivity contribution is -0.138. The minimum absolute atomic E-state index is 0.00586. The number of unbranched alkanes of at least 4 members (excludes halogenated alkanes) is 1. The molecule has 1 aliphatic heterocycles. The highest BCUT2D eigenvalue weighted by Gasteiger charge is 2.35. The molecule has 7 heteroatoms. The van der Waals surface area contributed by atoms with Gasteiger partial charge in [-0.3, -0.25) is 9.59 Å². The number of amides is 2. The molecule has 27 heavy (non-hydrogen) atoms. The minimum Gasteiger partial charge on any atom is -0.342 e. The van der Waals surface area contributed by atoms with E-state index in [9.17, 15) is 9.59 Å². The summed E-state index contributed by atoms with van der Waals surface area (Å²) in [6, 6.07) is 9.19. The van der Waals surface area contributed by atoms with Crippen molar-refractivity contribution in [3.63, 3.8) is 0 Å². The van der Waals surface area contributed by atoms with Crippen LogP contribution in [0.1, 0.15) is 36.5 Å². The maximum atomic E-state index is 12.9. The Kier molecular flexibility index (Phi) is 6.01. The quantitative estimate of drug-likeness (QED) is 0.849. The molecule has 1 atom stereocenters. The summed E-state index contributed by atoms with van der Waals surface area (Å²) in [6.07, 6.45) is 5.60. The van der Waals surface area contributed by atoms with Crippen LogP contribution < -0.4 is 5.32 Å². The lowest BCUT2D eigenvalue weighted by atomic mass is 10.0. The zero-order valence-electron chi connectivity index (χ0n) is 15.8. The molecule has 0 radical (unpaired) electrons. The molecule has 2 amide bonds. The van der Waals surface area contributed by atoms with E-state index in [1.165, 1.54) is 12.4 Å². The first kappa shape index (κ1) is 18.8. The first-order valence-corrected chi connectivity index (χ1v) is 9.30. The van der Waals surface area contributed by atoms with Crippen LogP contribution in [0.5, 0.6) is 0 Å². The van der Waals surface area contributed by atoms with Crippen LogP contribution in [-0.4, -0.2) is 57.8 Å². The van der Waals surface area contributed by atoms with E-state index in [2.05, 4.69) is 22.2 Å². The molecule has 0 spiro atoms. The molecule has 0 bridgehead atoms. The van der Waals surface area contributed by atoms with Gasteiger partial charge in [-0.2, -0.15) is 0 Å². The Morgan fingerprint density at radius 1 is 1.19 bits per heavy atom. The second kappa shape index (κ2) is 8.62. The van der Waals surface area contributed by atoms with Crippen LogP contribution in [0.2, 0.25) is 0 Å². The summed E-state index contributed by atoms with van der Waals surface area (Å²) in [5.41, 5.74) is 1.27. The fourth-order valence-corrected chi connectivity index (χ4v) is 3.15. The van der Waals surface area contributed by atoms with Crippen molar-refractivity contribution >= 4 is 23.5 Å². The number of nitrogens with zero attached hydrogens (tertiary/aromatic N) is 4. The molecule has 3 rings (SSSR count). The van der Waals surface area contributed by atoms with E-state index in [4.69, 9.17) is 0 Å². The number of hydrogen-bond acceptors (Lipinski definition) is 5. The van der Waals surface area contributed by atoms with Crippen molar-refractivity contribution in [1.29, 1.82) is 0 Å². The van der Waals surface area contributed by atoms with Gasteiger partial charge in [-0.25, -0.2) is 9.97 Å². The number of para-hydroxylation sites is 1. The van der Waals surface area contributed by atoms with Gasteiger partial charge in [0.15, 0.2) is 0 Å². The Balaban J connectivity index is 1.72. The van der Waals surface area contributed by atoms with Crippen LogP contribution in [0.4, 0.5) is 11.6 Å². The number of likely N-dealkylation sites (N-methyl/N-ethyl adjacent to an activating group) is 1. The lowest BCUT2D eigenvalue weighted by Crippen LogP contribution is -2.57. The minimum atomic E-state index is -0.404. The van der Waals surface area contributed by atoms with Gasteiger partial charge in [0.25, 0.3) is 5.91 Å². The third kappa shape index (κ3) is 4.42. The lowest BCUT2D eigenvalue weighted by Gasteiger charge is -2.39. The monoisotopic (exact) mass is 367 g/mol. The summed E-state index contributed by atoms with van der Waals surface area (Å²) in [5, 5.41) is 3.09. The topological polar surface area (TPSA) is 78.4 Å². The van der Waals surface area contributed by atoms with Crippen molar-refractivity contribution in [2.24, 2.45) is 0 Å². The molecular weight excluding hydrogens is 342 g/mol. The molecule has 1 saturated heterocycles. The van der Waals surface area contributed by atoms with E-state index >= 15 is 0 Å². The van der Waals surface area contributed by atoms with Gasteiger partial charge in [-0.15, -0.1) is 0 Å². The predicted molar refractivity (Wildman–Crippen MR) is 104 cm³/mol. The predicted octanol–water partition coefficient (Wildman–Crippen LogP) is 2.69. The van der Waals surface area contributed by atoms with Crippen LogP contribution in [0, 0.1) is 0 Å². The fourth-order valence-electron chi connectivity index (χ4n) is 3.15. The molecule has 2 heterocycles. The summed E-state index contributed by atoms with van der Waals surface area (Å²) in [7, 11) is 1.79. The smallest absolute Gasteiger partial charge is 0.257 e. The molecule has 1 aromatic heterocycles. The maximum Gasteiger partial charge on any atom is 0.257 e. The highest BCUT2D eigenvalue weighted by Crippen LogP contribution is 2.19. The third-order valence-electron chi connectivity index (χ3n) is 4.73. The molecule has 1 fully saturated rings. The molecule has 0 aliphatic carbocycles. The van der Waals surface area contributed by atoms with Gasteiger partial charge in [-0.1, -0.05) is 38.0 Å². The van der Waals surface area contributed by atoms with Crippen LogP contribution in [0.25, 0.3) is 0 Å². The zero-order chi connectivity index (χ0) is 19.2. The molecule has 1 aliphatic rings. The van der Waals surface area contributed by atoms with E-state index in [1.807, 2.05) is 30.3 Å². The number of nitrogens with one attached hydrogen (secondary N) is 1. The van der Waals surface area contributed by atoms with E-state index in [1.54, 1.807) is 16.8 Å². The summed E-state index contributed by atoms with van der Waals surface area (Å²) in [5.74, 6) is 0.241. The highest BCUT2D eigenvalue weighted by atomic mass is 16.2. The average Bonchev–Trinajstić information content (AvgIpc) is 2.70. The number of carbonyl (C=O) groups is 2. The highest BCUT2D eigenvalue weighted by molar-refractivity contribution is 5.97. The van der Waals surface area contributed by atoms with Gasteiger partial charge >= 0.3 is 0 Å². The molecule has 1 aromatic carbocycles. The second-order valence-corrected chi connectivity index (χ2v) is 6.70. The van der Waals surface area contributed by atoms with E-state index in [0.29, 0.717) is 31.0 Å². The van der Waals surface area contributed by atoms with Crippen molar-refractivity contribution in [3.8, 4) is 0 Å². The van der Waals surface area contributed by atoms with Crippen molar-refractivity contribution in [2.45, 2.75) is 32.2 Å². The first-order chi connectivity index (χ1) is 13.1. The van der Waals surface area contributed by atoms with Gasteiger partial charge in [0.1, 0.15) is 6.04 Å². The van der Waals surface area contributed by atoms with Gasteiger partial charge in [-0.05, 0) is 18.6 Å². The van der Waals surface area contributed by atoms with Crippen LogP contribution in [-0.2, 0) is 4.79 Å². The van der Waals surface area contributed by atoms with Crippen LogP contribution in [0.15, 0.2) is 42.7 Å². The Morgan fingerprint density at radius 3 is 2.56 bits per heavy atom. The largest absolute Gasteiger partial charge is 0.342 e.